The number of benzene rings is 1. The highest BCUT2D eigenvalue weighted by Crippen LogP contribution is 2.10. The van der Waals surface area contributed by atoms with Gasteiger partial charge in [0.25, 0.3) is 0 Å². The third kappa shape index (κ3) is 7.68. The van der Waals surface area contributed by atoms with E-state index in [1.54, 1.807) is 0 Å². The lowest BCUT2D eigenvalue weighted by atomic mass is 10.2. The molecule has 0 heterocycles. The van der Waals surface area contributed by atoms with E-state index in [9.17, 15) is 0 Å². The van der Waals surface area contributed by atoms with Crippen LogP contribution in [0.5, 0.6) is 0 Å². The number of aliphatic hydroxyl groups is 1. The van der Waals surface area contributed by atoms with Crippen molar-refractivity contribution in [3.8, 4) is 0 Å². The van der Waals surface area contributed by atoms with E-state index in [-0.39, 0.29) is 0 Å². The fourth-order valence-electron chi connectivity index (χ4n) is 0.720. The van der Waals surface area contributed by atoms with Crippen LogP contribution in [0, 0.1) is 0 Å². The van der Waals surface area contributed by atoms with Gasteiger partial charge in [-0.1, -0.05) is 35.0 Å². The first-order chi connectivity index (χ1) is 6.33. The molecule has 2 nitrogen and oxygen atoms in total. The predicted octanol–water partition coefficient (Wildman–Crippen LogP) is 2.44. The number of carbonyl (C=O) groups is 1. The van der Waals surface area contributed by atoms with E-state index in [4.69, 9.17) is 9.90 Å². The van der Waals surface area contributed by atoms with Gasteiger partial charge in [-0.25, -0.2) is 0 Å². The minimum atomic E-state index is 1.00. The van der Waals surface area contributed by atoms with Gasteiger partial charge in [-0.15, -0.1) is 0 Å². The van der Waals surface area contributed by atoms with Gasteiger partial charge in [0.1, 0.15) is 6.79 Å². The van der Waals surface area contributed by atoms with Crippen LogP contribution < -0.4 is 0 Å². The summed E-state index contributed by atoms with van der Waals surface area (Å²) in [4.78, 5) is 8.00. The monoisotopic (exact) mass is 246 g/mol. The summed E-state index contributed by atoms with van der Waals surface area (Å²) in [6.07, 6.45) is 1.12. The van der Waals surface area contributed by atoms with Crippen LogP contribution in [-0.4, -0.2) is 19.0 Å². The first-order valence-electron chi connectivity index (χ1n) is 3.81. The summed E-state index contributed by atoms with van der Waals surface area (Å²) in [5, 5.41) is 7.00. The molecule has 1 aromatic rings. The average Bonchev–Trinajstić information content (AvgIpc) is 2.25. The Labute approximate surface area is 87.7 Å². The first kappa shape index (κ1) is 14.8. The second-order valence-electron chi connectivity index (χ2n) is 1.98. The largest absolute Gasteiger partial charge is 0.400 e. The normalized spacial score (nSPS) is 7.38. The summed E-state index contributed by atoms with van der Waals surface area (Å²) < 4.78 is 1.15. The Balaban J connectivity index is 0. The highest BCUT2D eigenvalue weighted by molar-refractivity contribution is 9.10. The molecule has 0 atom stereocenters. The lowest BCUT2D eigenvalue weighted by Gasteiger charge is -1.93. The molecule has 0 aliphatic carbocycles. The molecule has 0 radical (unpaired) electrons. The molecule has 0 amide bonds. The maximum Gasteiger partial charge on any atom is 0.106 e. The van der Waals surface area contributed by atoms with Crippen molar-refractivity contribution in [1.29, 1.82) is 0 Å². The van der Waals surface area contributed by atoms with Gasteiger partial charge in [0, 0.05) is 11.6 Å². The zero-order valence-electron chi connectivity index (χ0n) is 7.96. The van der Waals surface area contributed by atoms with Crippen LogP contribution in [0.25, 0.3) is 0 Å². The van der Waals surface area contributed by atoms with Crippen LogP contribution in [0.15, 0.2) is 28.7 Å². The molecular weight excluding hydrogens is 232 g/mol. The average molecular weight is 247 g/mol. The molecule has 0 aliphatic rings. The Hall–Kier alpha value is -0.670. The molecule has 0 saturated heterocycles. The van der Waals surface area contributed by atoms with Gasteiger partial charge in [-0.3, -0.25) is 0 Å². The van der Waals surface area contributed by atoms with Crippen LogP contribution in [0.1, 0.15) is 12.5 Å². The summed E-state index contributed by atoms with van der Waals surface area (Å²) in [5.74, 6) is 0. The summed E-state index contributed by atoms with van der Waals surface area (Å²) in [7, 11) is 1.00. The molecule has 0 aliphatic heterocycles. The van der Waals surface area contributed by atoms with Crippen LogP contribution in [0.2, 0.25) is 0 Å². The smallest absolute Gasteiger partial charge is 0.106 e. The number of halogens is 1. The number of hydrogen-bond donors (Lipinski definition) is 1. The Morgan fingerprint density at radius 2 is 1.62 bits per heavy atom. The van der Waals surface area contributed by atoms with Crippen LogP contribution >= 0.6 is 15.9 Å². The van der Waals surface area contributed by atoms with Crippen molar-refractivity contribution in [2.45, 2.75) is 13.3 Å². The highest BCUT2D eigenvalue weighted by atomic mass is 79.9. The van der Waals surface area contributed by atoms with E-state index in [1.807, 2.05) is 6.79 Å². The number of rotatable bonds is 1. The van der Waals surface area contributed by atoms with Crippen molar-refractivity contribution >= 4 is 22.7 Å². The number of hydrogen-bond acceptors (Lipinski definition) is 2. The Morgan fingerprint density at radius 1 is 1.23 bits per heavy atom. The van der Waals surface area contributed by atoms with E-state index in [0.717, 1.165) is 18.0 Å². The molecule has 0 unspecified atom stereocenters. The summed E-state index contributed by atoms with van der Waals surface area (Å²) in [6, 6.07) is 8.39. The van der Waals surface area contributed by atoms with Crippen molar-refractivity contribution in [3.63, 3.8) is 0 Å². The third-order valence-electron chi connectivity index (χ3n) is 1.32. The van der Waals surface area contributed by atoms with Gasteiger partial charge in [0.15, 0.2) is 0 Å². The Morgan fingerprint density at radius 3 is 1.92 bits per heavy atom. The lowest BCUT2D eigenvalue weighted by molar-refractivity contribution is -0.0979. The fourth-order valence-corrected chi connectivity index (χ4v) is 0.984. The molecule has 1 aromatic carbocycles. The van der Waals surface area contributed by atoms with Gasteiger partial charge in [-0.2, -0.15) is 0 Å². The van der Waals surface area contributed by atoms with Crippen LogP contribution in [-0.2, 0) is 11.2 Å². The number of aliphatic hydroxyl groups excluding tert-OH is 1. The van der Waals surface area contributed by atoms with Crippen molar-refractivity contribution in [1.82, 2.24) is 0 Å². The van der Waals surface area contributed by atoms with E-state index in [1.165, 1.54) is 5.56 Å². The van der Waals surface area contributed by atoms with Crippen LogP contribution in [0.3, 0.4) is 0 Å². The molecule has 3 heteroatoms. The molecule has 0 bridgehead atoms. The minimum absolute atomic E-state index is 1.00. The molecule has 74 valence electrons. The van der Waals surface area contributed by atoms with Gasteiger partial charge in [0.05, 0.1) is 0 Å². The van der Waals surface area contributed by atoms with E-state index in [0.29, 0.717) is 0 Å². The summed E-state index contributed by atoms with van der Waals surface area (Å²) in [6.45, 7) is 4.16. The van der Waals surface area contributed by atoms with E-state index >= 15 is 0 Å². The Bertz CT molecular complexity index is 197. The lowest BCUT2D eigenvalue weighted by Crippen LogP contribution is -1.75. The summed E-state index contributed by atoms with van der Waals surface area (Å²) in [5.41, 5.74) is 1.39. The molecular formula is C10H15BrO2. The fraction of sp³-hybridized carbons (Fsp3) is 0.300. The molecule has 1 N–H and O–H groups in total. The standard InChI is InChI=1S/C8H9Br.CH4O.CH2O/c1-2-7-3-5-8(9)6-4-7;2*1-2/h3-6H,2H2,1H3;2H,1H3;1H2. The third-order valence-corrected chi connectivity index (χ3v) is 1.85. The maximum absolute atomic E-state index is 8.00. The second-order valence-corrected chi connectivity index (χ2v) is 2.90. The van der Waals surface area contributed by atoms with Gasteiger partial charge < -0.3 is 9.90 Å². The zero-order valence-corrected chi connectivity index (χ0v) is 9.54. The summed E-state index contributed by atoms with van der Waals surface area (Å²) >= 11 is 3.37. The number of carbonyl (C=O) groups excluding carboxylic acids is 1. The van der Waals surface area contributed by atoms with Gasteiger partial charge >= 0.3 is 0 Å². The molecule has 1 rings (SSSR count). The maximum atomic E-state index is 8.00. The molecule has 0 aromatic heterocycles. The topological polar surface area (TPSA) is 37.3 Å². The van der Waals surface area contributed by atoms with E-state index in [2.05, 4.69) is 47.1 Å². The van der Waals surface area contributed by atoms with Crippen molar-refractivity contribution in [2.24, 2.45) is 0 Å². The van der Waals surface area contributed by atoms with E-state index < -0.39 is 0 Å². The van der Waals surface area contributed by atoms with Crippen molar-refractivity contribution < 1.29 is 9.90 Å². The SMILES string of the molecule is C=O.CCc1ccc(Br)cc1.CO. The second kappa shape index (κ2) is 11.3. The molecule has 0 spiro atoms. The minimum Gasteiger partial charge on any atom is -0.400 e. The van der Waals surface area contributed by atoms with Crippen molar-refractivity contribution in [2.75, 3.05) is 7.11 Å². The molecule has 13 heavy (non-hydrogen) atoms. The van der Waals surface area contributed by atoms with Crippen molar-refractivity contribution in [3.05, 3.63) is 34.3 Å². The molecule has 0 fully saturated rings. The Kier molecular flexibility index (Phi) is 12.9. The molecule has 0 saturated carbocycles. The quantitative estimate of drug-likeness (QED) is 0.827. The van der Waals surface area contributed by atoms with Gasteiger partial charge in [-0.05, 0) is 24.1 Å². The highest BCUT2D eigenvalue weighted by Gasteiger charge is 1.86. The first-order valence-corrected chi connectivity index (χ1v) is 4.60. The number of aryl methyl sites for hydroxylation is 1. The van der Waals surface area contributed by atoms with Gasteiger partial charge in [0.2, 0.25) is 0 Å². The predicted molar refractivity (Wildman–Crippen MR) is 58.8 cm³/mol. The van der Waals surface area contributed by atoms with Crippen LogP contribution in [0.4, 0.5) is 0 Å². The zero-order chi connectivity index (χ0) is 10.7.